The minimum atomic E-state index is 0.223. The van der Waals surface area contributed by atoms with E-state index in [-0.39, 0.29) is 5.41 Å². The molecule has 0 aliphatic heterocycles. The average molecular weight is 328 g/mol. The van der Waals surface area contributed by atoms with Crippen LogP contribution in [0.1, 0.15) is 50.6 Å². The molecule has 1 unspecified atom stereocenters. The summed E-state index contributed by atoms with van der Waals surface area (Å²) in [6.45, 7) is 10.9. The largest absolute Gasteiger partial charge is 0.481 e. The molecule has 5 heteroatoms. The molecule has 2 aromatic heterocycles. The van der Waals surface area contributed by atoms with Crippen molar-refractivity contribution in [2.45, 2.75) is 53.9 Å². The van der Waals surface area contributed by atoms with E-state index in [4.69, 9.17) is 9.72 Å². The Hall–Kier alpha value is -2.04. The van der Waals surface area contributed by atoms with Crippen LogP contribution in [0.4, 0.5) is 0 Å². The number of hydrogen-bond donors (Lipinski definition) is 0. The highest BCUT2D eigenvalue weighted by atomic mass is 16.5. The number of nitrogens with zero attached hydrogens (tertiary/aromatic N) is 4. The molecule has 0 radical (unpaired) electrons. The van der Waals surface area contributed by atoms with E-state index in [0.717, 1.165) is 42.2 Å². The lowest BCUT2D eigenvalue weighted by molar-refractivity contribution is 0.395. The molecule has 0 saturated heterocycles. The first-order valence-corrected chi connectivity index (χ1v) is 8.43. The highest BCUT2D eigenvalue weighted by Crippen LogP contribution is 2.20. The first-order valence-electron chi connectivity index (χ1n) is 8.43. The second kappa shape index (κ2) is 7.69. The van der Waals surface area contributed by atoms with Crippen molar-refractivity contribution >= 4 is 0 Å². The standard InChI is InChI=1S/C19H28N4O/c1-13(7-15-10-18(24-6)21-12-20-15)8-17-22-14(2)9-16(23-17)11-19(3,4)5/h9-10,12-13H,7-8,11H2,1-6H3. The fourth-order valence-corrected chi connectivity index (χ4v) is 2.77. The van der Waals surface area contributed by atoms with Crippen LogP contribution in [0.15, 0.2) is 18.5 Å². The number of hydrogen-bond acceptors (Lipinski definition) is 5. The van der Waals surface area contributed by atoms with Crippen LogP contribution in [-0.2, 0) is 19.3 Å². The highest BCUT2D eigenvalue weighted by molar-refractivity contribution is 5.15. The van der Waals surface area contributed by atoms with Gasteiger partial charge in [-0.1, -0.05) is 27.7 Å². The predicted molar refractivity (Wildman–Crippen MR) is 95.1 cm³/mol. The molecule has 5 nitrogen and oxygen atoms in total. The van der Waals surface area contributed by atoms with Crippen molar-refractivity contribution in [3.05, 3.63) is 41.4 Å². The molecule has 0 bridgehead atoms. The molecule has 0 saturated carbocycles. The van der Waals surface area contributed by atoms with E-state index >= 15 is 0 Å². The second-order valence-electron chi connectivity index (χ2n) is 7.72. The fourth-order valence-electron chi connectivity index (χ4n) is 2.77. The van der Waals surface area contributed by atoms with Crippen molar-refractivity contribution in [3.8, 4) is 5.88 Å². The van der Waals surface area contributed by atoms with Crippen LogP contribution in [0.5, 0.6) is 5.88 Å². The van der Waals surface area contributed by atoms with Gasteiger partial charge in [-0.05, 0) is 37.2 Å². The summed E-state index contributed by atoms with van der Waals surface area (Å²) in [6.07, 6.45) is 4.20. The van der Waals surface area contributed by atoms with Crippen molar-refractivity contribution in [3.63, 3.8) is 0 Å². The van der Waals surface area contributed by atoms with Gasteiger partial charge in [-0.2, -0.15) is 0 Å². The number of rotatable bonds is 6. The SMILES string of the molecule is COc1cc(CC(C)Cc2nc(C)cc(CC(C)(C)C)n2)ncn1. The fraction of sp³-hybridized carbons (Fsp3) is 0.579. The average Bonchev–Trinajstić information content (AvgIpc) is 2.44. The maximum Gasteiger partial charge on any atom is 0.216 e. The quantitative estimate of drug-likeness (QED) is 0.811. The molecule has 0 N–H and O–H groups in total. The molecule has 0 fully saturated rings. The molecule has 1 atom stereocenters. The normalized spacial score (nSPS) is 12.9. The minimum absolute atomic E-state index is 0.223. The van der Waals surface area contributed by atoms with Crippen molar-refractivity contribution in [2.75, 3.05) is 7.11 Å². The summed E-state index contributed by atoms with van der Waals surface area (Å²) >= 11 is 0. The summed E-state index contributed by atoms with van der Waals surface area (Å²) in [5.41, 5.74) is 3.37. The maximum absolute atomic E-state index is 5.16. The second-order valence-corrected chi connectivity index (χ2v) is 7.72. The Morgan fingerprint density at radius 3 is 2.46 bits per heavy atom. The van der Waals surface area contributed by atoms with Gasteiger partial charge in [0.05, 0.1) is 7.11 Å². The number of methoxy groups -OCH3 is 1. The molecule has 0 amide bonds. The van der Waals surface area contributed by atoms with Gasteiger partial charge in [0.2, 0.25) is 5.88 Å². The molecule has 2 heterocycles. The van der Waals surface area contributed by atoms with Crippen molar-refractivity contribution in [1.82, 2.24) is 19.9 Å². The summed E-state index contributed by atoms with van der Waals surface area (Å²) < 4.78 is 5.16. The summed E-state index contributed by atoms with van der Waals surface area (Å²) in [6, 6.07) is 3.98. The van der Waals surface area contributed by atoms with Crippen LogP contribution in [-0.4, -0.2) is 27.0 Å². The summed E-state index contributed by atoms with van der Waals surface area (Å²) in [4.78, 5) is 17.7. The summed E-state index contributed by atoms with van der Waals surface area (Å²) in [5.74, 6) is 1.92. The van der Waals surface area contributed by atoms with E-state index in [1.54, 1.807) is 13.4 Å². The topological polar surface area (TPSA) is 60.8 Å². The van der Waals surface area contributed by atoms with Gasteiger partial charge in [0.15, 0.2) is 0 Å². The van der Waals surface area contributed by atoms with Gasteiger partial charge in [0.1, 0.15) is 12.2 Å². The molecule has 2 rings (SSSR count). The van der Waals surface area contributed by atoms with E-state index in [1.807, 2.05) is 13.0 Å². The molecule has 2 aromatic rings. The van der Waals surface area contributed by atoms with E-state index in [9.17, 15) is 0 Å². The van der Waals surface area contributed by atoms with Gasteiger partial charge < -0.3 is 4.74 Å². The Morgan fingerprint density at radius 1 is 1.04 bits per heavy atom. The lowest BCUT2D eigenvalue weighted by Crippen LogP contribution is -2.14. The Labute approximate surface area is 144 Å². The van der Waals surface area contributed by atoms with Crippen molar-refractivity contribution in [1.29, 1.82) is 0 Å². The van der Waals surface area contributed by atoms with Gasteiger partial charge in [0, 0.05) is 29.6 Å². The van der Waals surface area contributed by atoms with Crippen LogP contribution >= 0.6 is 0 Å². The van der Waals surface area contributed by atoms with Gasteiger partial charge in [0.25, 0.3) is 0 Å². The van der Waals surface area contributed by atoms with E-state index in [2.05, 4.69) is 48.7 Å². The van der Waals surface area contributed by atoms with E-state index in [1.165, 1.54) is 0 Å². The summed E-state index contributed by atoms with van der Waals surface area (Å²) in [5, 5.41) is 0. The van der Waals surface area contributed by atoms with E-state index in [0.29, 0.717) is 11.8 Å². The highest BCUT2D eigenvalue weighted by Gasteiger charge is 2.15. The van der Waals surface area contributed by atoms with Crippen molar-refractivity contribution < 1.29 is 4.74 Å². The van der Waals surface area contributed by atoms with Crippen LogP contribution in [0.2, 0.25) is 0 Å². The third kappa shape index (κ3) is 5.87. The van der Waals surface area contributed by atoms with Crippen molar-refractivity contribution in [2.24, 2.45) is 11.3 Å². The zero-order valence-electron chi connectivity index (χ0n) is 15.6. The molecular formula is C19H28N4O. The maximum atomic E-state index is 5.16. The molecule has 0 aromatic carbocycles. The number of ether oxygens (including phenoxy) is 1. The zero-order chi connectivity index (χ0) is 17.7. The molecule has 0 spiro atoms. The smallest absolute Gasteiger partial charge is 0.216 e. The van der Waals surface area contributed by atoms with E-state index < -0.39 is 0 Å². The first kappa shape index (κ1) is 18.3. The Bertz CT molecular complexity index is 679. The van der Waals surface area contributed by atoms with Crippen LogP contribution in [0.3, 0.4) is 0 Å². The zero-order valence-corrected chi connectivity index (χ0v) is 15.6. The third-order valence-corrected chi connectivity index (χ3v) is 3.66. The Kier molecular flexibility index (Phi) is 5.86. The molecule has 130 valence electrons. The lowest BCUT2D eigenvalue weighted by atomic mass is 9.90. The third-order valence-electron chi connectivity index (χ3n) is 3.66. The van der Waals surface area contributed by atoms with Gasteiger partial charge >= 0.3 is 0 Å². The molecule has 0 aliphatic carbocycles. The minimum Gasteiger partial charge on any atom is -0.481 e. The monoisotopic (exact) mass is 328 g/mol. The van der Waals surface area contributed by atoms with Gasteiger partial charge in [-0.25, -0.2) is 19.9 Å². The molecule has 24 heavy (non-hydrogen) atoms. The number of aromatic nitrogens is 4. The number of aryl methyl sites for hydroxylation is 1. The Morgan fingerprint density at radius 2 is 1.79 bits per heavy atom. The summed E-state index contributed by atoms with van der Waals surface area (Å²) in [7, 11) is 1.62. The first-order chi connectivity index (χ1) is 11.2. The van der Waals surface area contributed by atoms with Crippen LogP contribution in [0, 0.1) is 18.3 Å². The molecular weight excluding hydrogens is 300 g/mol. The predicted octanol–water partition coefficient (Wildman–Crippen LogP) is 3.59. The van der Waals surface area contributed by atoms with Crippen LogP contribution < -0.4 is 4.74 Å². The lowest BCUT2D eigenvalue weighted by Gasteiger charge is -2.18. The van der Waals surface area contributed by atoms with Crippen LogP contribution in [0.25, 0.3) is 0 Å². The Balaban J connectivity index is 2.06. The van der Waals surface area contributed by atoms with Gasteiger partial charge in [-0.3, -0.25) is 0 Å². The molecule has 0 aliphatic rings. The van der Waals surface area contributed by atoms with Gasteiger partial charge in [-0.15, -0.1) is 0 Å².